The number of hydrogen-bond donors (Lipinski definition) is 1. The third-order valence-corrected chi connectivity index (χ3v) is 4.74. The van der Waals surface area contributed by atoms with Crippen molar-refractivity contribution in [3.63, 3.8) is 0 Å². The number of nitrogens with zero attached hydrogens (tertiary/aromatic N) is 4. The summed E-state index contributed by atoms with van der Waals surface area (Å²) in [4.78, 5) is 36.6. The Kier molecular flexibility index (Phi) is 5.16. The Labute approximate surface area is 153 Å². The quantitative estimate of drug-likeness (QED) is 0.881. The maximum Gasteiger partial charge on any atom is 0.269 e. The zero-order chi connectivity index (χ0) is 18.7. The van der Waals surface area contributed by atoms with E-state index in [4.69, 9.17) is 0 Å². The molecule has 136 valence electrons. The van der Waals surface area contributed by atoms with E-state index < -0.39 is 0 Å². The summed E-state index contributed by atoms with van der Waals surface area (Å²) in [5, 5.41) is 2.93. The van der Waals surface area contributed by atoms with Gasteiger partial charge in [-0.25, -0.2) is 0 Å². The molecule has 3 heterocycles. The Bertz CT molecular complexity index is 794. The van der Waals surface area contributed by atoms with Crippen LogP contribution in [0.1, 0.15) is 28.5 Å². The number of pyridine rings is 2. The Balaban J connectivity index is 1.71. The molecule has 3 rings (SSSR count). The maximum absolute atomic E-state index is 12.5. The average Bonchev–Trinajstić information content (AvgIpc) is 2.94. The zero-order valence-electron chi connectivity index (χ0n) is 15.2. The number of hydrogen-bond acceptors (Lipinski definition) is 5. The lowest BCUT2D eigenvalue weighted by Crippen LogP contribution is -2.33. The summed E-state index contributed by atoms with van der Waals surface area (Å²) in [5.74, 6) is -0.163. The summed E-state index contributed by atoms with van der Waals surface area (Å²) in [6.07, 6.45) is 5.51. The van der Waals surface area contributed by atoms with Crippen LogP contribution in [-0.4, -0.2) is 54.4 Å². The molecule has 26 heavy (non-hydrogen) atoms. The van der Waals surface area contributed by atoms with Crippen molar-refractivity contribution in [3.8, 4) is 0 Å². The smallest absolute Gasteiger partial charge is 0.269 e. The summed E-state index contributed by atoms with van der Waals surface area (Å²) < 4.78 is 0. The molecule has 1 saturated heterocycles. The molecule has 0 spiro atoms. The fourth-order valence-corrected chi connectivity index (χ4v) is 3.32. The van der Waals surface area contributed by atoms with Crippen molar-refractivity contribution in [1.29, 1.82) is 0 Å². The van der Waals surface area contributed by atoms with Crippen LogP contribution in [-0.2, 0) is 4.79 Å². The third-order valence-electron chi connectivity index (χ3n) is 4.74. The van der Waals surface area contributed by atoms with Crippen LogP contribution in [0.2, 0.25) is 0 Å². The van der Waals surface area contributed by atoms with Crippen molar-refractivity contribution in [1.82, 2.24) is 20.2 Å². The van der Waals surface area contributed by atoms with Gasteiger partial charge in [0.15, 0.2) is 0 Å². The van der Waals surface area contributed by atoms with E-state index >= 15 is 0 Å². The molecule has 0 aromatic carbocycles. The summed E-state index contributed by atoms with van der Waals surface area (Å²) in [5.41, 5.74) is 2.26. The van der Waals surface area contributed by atoms with E-state index in [9.17, 15) is 9.59 Å². The van der Waals surface area contributed by atoms with Crippen LogP contribution in [0.5, 0.6) is 0 Å². The second-order valence-corrected chi connectivity index (χ2v) is 6.70. The Morgan fingerprint density at radius 1 is 1.35 bits per heavy atom. The Morgan fingerprint density at radius 3 is 2.85 bits per heavy atom. The molecule has 2 atom stereocenters. The van der Waals surface area contributed by atoms with Gasteiger partial charge in [0.2, 0.25) is 5.91 Å². The number of aromatic nitrogens is 2. The maximum atomic E-state index is 12.5. The van der Waals surface area contributed by atoms with Gasteiger partial charge in [0.05, 0.1) is 6.04 Å². The number of amides is 2. The lowest BCUT2D eigenvalue weighted by molar-refractivity contribution is -0.127. The molecule has 2 amide bonds. The number of rotatable bonds is 5. The molecule has 7 nitrogen and oxygen atoms in total. The summed E-state index contributed by atoms with van der Waals surface area (Å²) in [6.45, 7) is 0.405. The van der Waals surface area contributed by atoms with Gasteiger partial charge in [-0.05, 0) is 23.8 Å². The average molecular weight is 353 g/mol. The molecule has 2 aromatic heterocycles. The minimum Gasteiger partial charge on any atom is -0.378 e. The fourth-order valence-electron chi connectivity index (χ4n) is 3.32. The van der Waals surface area contributed by atoms with E-state index in [1.54, 1.807) is 36.6 Å². The first-order chi connectivity index (χ1) is 12.5. The monoisotopic (exact) mass is 353 g/mol. The standard InChI is InChI=1S/C19H23N5O2/c1-23(2)15-6-8-21-16(10-15)19(26)22-12-14-9-17(25)24(3)18(14)13-5-4-7-20-11-13/h4-8,10-11,14,18H,9,12H2,1-3H3,(H,22,26)/t14-,18-/m0/s1. The summed E-state index contributed by atoms with van der Waals surface area (Å²) in [7, 11) is 5.62. The highest BCUT2D eigenvalue weighted by Gasteiger charge is 2.38. The topological polar surface area (TPSA) is 78.4 Å². The van der Waals surface area contributed by atoms with Crippen molar-refractivity contribution in [2.75, 3.05) is 32.6 Å². The number of anilines is 1. The lowest BCUT2D eigenvalue weighted by Gasteiger charge is -2.25. The molecule has 0 radical (unpaired) electrons. The minimum atomic E-state index is -0.236. The van der Waals surface area contributed by atoms with E-state index in [0.29, 0.717) is 18.7 Å². The van der Waals surface area contributed by atoms with Gasteiger partial charge in [0.1, 0.15) is 5.69 Å². The second-order valence-electron chi connectivity index (χ2n) is 6.70. The van der Waals surface area contributed by atoms with Crippen LogP contribution in [0.4, 0.5) is 5.69 Å². The highest BCUT2D eigenvalue weighted by Crippen LogP contribution is 2.36. The number of carbonyl (C=O) groups is 2. The van der Waals surface area contributed by atoms with Crippen molar-refractivity contribution in [2.24, 2.45) is 5.92 Å². The predicted molar refractivity (Wildman–Crippen MR) is 98.8 cm³/mol. The van der Waals surface area contributed by atoms with Crippen LogP contribution in [0.15, 0.2) is 42.9 Å². The predicted octanol–water partition coefficient (Wildman–Crippen LogP) is 1.49. The van der Waals surface area contributed by atoms with E-state index in [1.165, 1.54) is 0 Å². The van der Waals surface area contributed by atoms with Gasteiger partial charge in [-0.3, -0.25) is 19.6 Å². The lowest BCUT2D eigenvalue weighted by atomic mass is 9.94. The van der Waals surface area contributed by atoms with Gasteiger partial charge < -0.3 is 15.1 Å². The summed E-state index contributed by atoms with van der Waals surface area (Å²) >= 11 is 0. The second kappa shape index (κ2) is 7.51. The van der Waals surface area contributed by atoms with Gasteiger partial charge in [-0.15, -0.1) is 0 Å². The highest BCUT2D eigenvalue weighted by atomic mass is 16.2. The van der Waals surface area contributed by atoms with E-state index in [1.807, 2.05) is 37.2 Å². The summed E-state index contributed by atoms with van der Waals surface area (Å²) in [6, 6.07) is 7.33. The van der Waals surface area contributed by atoms with Crippen LogP contribution >= 0.6 is 0 Å². The zero-order valence-corrected chi connectivity index (χ0v) is 15.2. The molecule has 0 aliphatic carbocycles. The van der Waals surface area contributed by atoms with Crippen LogP contribution < -0.4 is 10.2 Å². The molecule has 1 N–H and O–H groups in total. The van der Waals surface area contributed by atoms with Gasteiger partial charge in [-0.2, -0.15) is 0 Å². The normalized spacial score (nSPS) is 19.5. The molecule has 2 aromatic rings. The largest absolute Gasteiger partial charge is 0.378 e. The van der Waals surface area contributed by atoms with E-state index in [-0.39, 0.29) is 23.8 Å². The van der Waals surface area contributed by atoms with Gasteiger partial charge in [0.25, 0.3) is 5.91 Å². The highest BCUT2D eigenvalue weighted by molar-refractivity contribution is 5.93. The van der Waals surface area contributed by atoms with Gasteiger partial charge in [-0.1, -0.05) is 6.07 Å². The molecule has 7 heteroatoms. The number of carbonyl (C=O) groups excluding carboxylic acids is 2. The molecule has 1 aliphatic rings. The SMILES string of the molecule is CN(C)c1ccnc(C(=O)NC[C@@H]2CC(=O)N(C)[C@H]2c2cccnc2)c1. The van der Waals surface area contributed by atoms with E-state index in [0.717, 1.165) is 11.3 Å². The van der Waals surface area contributed by atoms with Crippen molar-refractivity contribution < 1.29 is 9.59 Å². The van der Waals surface area contributed by atoms with Crippen molar-refractivity contribution >= 4 is 17.5 Å². The van der Waals surface area contributed by atoms with Crippen LogP contribution in [0.25, 0.3) is 0 Å². The van der Waals surface area contributed by atoms with Crippen LogP contribution in [0.3, 0.4) is 0 Å². The molecular formula is C19H23N5O2. The first-order valence-electron chi connectivity index (χ1n) is 8.54. The molecule has 0 unspecified atom stereocenters. The van der Waals surface area contributed by atoms with Gasteiger partial charge in [0, 0.05) is 64.3 Å². The number of likely N-dealkylation sites (tertiary alicyclic amines) is 1. The first kappa shape index (κ1) is 17.8. The number of nitrogens with one attached hydrogen (secondary N) is 1. The van der Waals surface area contributed by atoms with Gasteiger partial charge >= 0.3 is 0 Å². The molecule has 1 aliphatic heterocycles. The van der Waals surface area contributed by atoms with Crippen molar-refractivity contribution in [3.05, 3.63) is 54.1 Å². The Hall–Kier alpha value is -2.96. The van der Waals surface area contributed by atoms with Crippen LogP contribution in [0, 0.1) is 5.92 Å². The molecular weight excluding hydrogens is 330 g/mol. The molecule has 0 saturated carbocycles. The molecule has 1 fully saturated rings. The fraction of sp³-hybridized carbons (Fsp3) is 0.368. The van der Waals surface area contributed by atoms with E-state index in [2.05, 4.69) is 15.3 Å². The molecule has 0 bridgehead atoms. The van der Waals surface area contributed by atoms with Crippen molar-refractivity contribution in [2.45, 2.75) is 12.5 Å². The minimum absolute atomic E-state index is 0.00215. The first-order valence-corrected chi connectivity index (χ1v) is 8.54. The third kappa shape index (κ3) is 3.66. The Morgan fingerprint density at radius 2 is 2.15 bits per heavy atom.